The maximum absolute atomic E-state index is 13.6. The van der Waals surface area contributed by atoms with Gasteiger partial charge in [0.15, 0.2) is 4.34 Å². The highest BCUT2D eigenvalue weighted by molar-refractivity contribution is 8.02. The second kappa shape index (κ2) is 7.27. The van der Waals surface area contributed by atoms with Gasteiger partial charge >= 0.3 is 0 Å². The molecule has 0 bridgehead atoms. The molecule has 1 amide bonds. The molecule has 23 heavy (non-hydrogen) atoms. The number of thioether (sulfide) groups is 1. The number of carbonyl (C=O) groups is 1. The van der Waals surface area contributed by atoms with Crippen LogP contribution in [0.5, 0.6) is 0 Å². The van der Waals surface area contributed by atoms with E-state index >= 15 is 0 Å². The lowest BCUT2D eigenvalue weighted by molar-refractivity contribution is -0.121. The summed E-state index contributed by atoms with van der Waals surface area (Å²) in [7, 11) is 0. The molecular formula is C15H19FN4OS2. The molecule has 2 aromatic rings. The molecule has 1 aromatic carbocycles. The summed E-state index contributed by atoms with van der Waals surface area (Å²) in [4.78, 5) is 12.1. The van der Waals surface area contributed by atoms with E-state index in [-0.39, 0.29) is 22.5 Å². The molecule has 0 spiro atoms. The molecule has 0 saturated heterocycles. The molecule has 2 rings (SSSR count). The van der Waals surface area contributed by atoms with Crippen LogP contribution < -0.4 is 10.6 Å². The molecule has 124 valence electrons. The van der Waals surface area contributed by atoms with Crippen LogP contribution in [0.2, 0.25) is 0 Å². The Kier molecular flexibility index (Phi) is 5.59. The molecular weight excluding hydrogens is 335 g/mol. The number of amides is 1. The van der Waals surface area contributed by atoms with Gasteiger partial charge in [0, 0.05) is 5.54 Å². The van der Waals surface area contributed by atoms with Gasteiger partial charge in [-0.05, 0) is 39.8 Å². The number of nitrogens with zero attached hydrogens (tertiary/aromatic N) is 2. The van der Waals surface area contributed by atoms with Crippen LogP contribution >= 0.6 is 23.1 Å². The van der Waals surface area contributed by atoms with E-state index in [0.717, 1.165) is 0 Å². The summed E-state index contributed by atoms with van der Waals surface area (Å²) in [5.74, 6) is -0.406. The van der Waals surface area contributed by atoms with Crippen LogP contribution in [0.3, 0.4) is 0 Å². The number of hydrogen-bond donors (Lipinski definition) is 2. The molecule has 0 aliphatic heterocycles. The number of para-hydroxylation sites is 1. The van der Waals surface area contributed by atoms with Crippen molar-refractivity contribution in [3.8, 4) is 0 Å². The van der Waals surface area contributed by atoms with Gasteiger partial charge in [-0.1, -0.05) is 35.2 Å². The zero-order valence-electron chi connectivity index (χ0n) is 13.4. The van der Waals surface area contributed by atoms with Crippen molar-refractivity contribution in [1.82, 2.24) is 15.5 Å². The normalized spacial score (nSPS) is 12.7. The Hall–Kier alpha value is -1.67. The van der Waals surface area contributed by atoms with Crippen molar-refractivity contribution < 1.29 is 9.18 Å². The Morgan fingerprint density at radius 1 is 1.30 bits per heavy atom. The molecule has 1 unspecified atom stereocenters. The molecule has 8 heteroatoms. The summed E-state index contributed by atoms with van der Waals surface area (Å²) in [5.41, 5.74) is 0.0728. The summed E-state index contributed by atoms with van der Waals surface area (Å²) in [6.07, 6.45) is 0. The third-order valence-electron chi connectivity index (χ3n) is 2.67. The van der Waals surface area contributed by atoms with Gasteiger partial charge in [-0.25, -0.2) is 4.39 Å². The average Bonchev–Trinajstić information content (AvgIpc) is 2.87. The van der Waals surface area contributed by atoms with E-state index in [1.165, 1.54) is 29.2 Å². The van der Waals surface area contributed by atoms with E-state index in [9.17, 15) is 9.18 Å². The Balaban J connectivity index is 1.97. The van der Waals surface area contributed by atoms with Gasteiger partial charge in [0.1, 0.15) is 5.82 Å². The Labute approximate surface area is 143 Å². The van der Waals surface area contributed by atoms with Crippen molar-refractivity contribution in [1.29, 1.82) is 0 Å². The molecule has 2 N–H and O–H groups in total. The first-order chi connectivity index (χ1) is 10.7. The lowest BCUT2D eigenvalue weighted by atomic mass is 10.1. The fourth-order valence-corrected chi connectivity index (χ4v) is 3.57. The van der Waals surface area contributed by atoms with Crippen LogP contribution in [0, 0.1) is 5.82 Å². The highest BCUT2D eigenvalue weighted by atomic mass is 32.2. The predicted molar refractivity (Wildman–Crippen MR) is 92.8 cm³/mol. The summed E-state index contributed by atoms with van der Waals surface area (Å²) in [6, 6.07) is 6.36. The molecule has 0 saturated carbocycles. The maximum Gasteiger partial charge on any atom is 0.233 e. The summed E-state index contributed by atoms with van der Waals surface area (Å²) in [5, 5.41) is 14.0. The average molecular weight is 354 g/mol. The maximum atomic E-state index is 13.6. The second-order valence-corrected chi connectivity index (χ2v) is 8.54. The quantitative estimate of drug-likeness (QED) is 0.799. The summed E-state index contributed by atoms with van der Waals surface area (Å²) >= 11 is 2.61. The minimum atomic E-state index is -0.352. The van der Waals surface area contributed by atoms with E-state index in [2.05, 4.69) is 20.8 Å². The molecule has 0 radical (unpaired) electrons. The van der Waals surface area contributed by atoms with Crippen LogP contribution in [0.1, 0.15) is 27.7 Å². The number of rotatable bonds is 5. The second-order valence-electron chi connectivity index (χ2n) is 5.98. The number of benzene rings is 1. The van der Waals surface area contributed by atoms with Crippen LogP contribution in [0.25, 0.3) is 0 Å². The van der Waals surface area contributed by atoms with Crippen LogP contribution in [0.4, 0.5) is 15.2 Å². The minimum absolute atomic E-state index is 0.0543. The zero-order chi connectivity index (χ0) is 17.0. The number of aromatic nitrogens is 2. The van der Waals surface area contributed by atoms with Crippen molar-refractivity contribution in [3.63, 3.8) is 0 Å². The summed E-state index contributed by atoms with van der Waals surface area (Å²) < 4.78 is 14.2. The first-order valence-electron chi connectivity index (χ1n) is 7.08. The highest BCUT2D eigenvalue weighted by Crippen LogP contribution is 2.31. The van der Waals surface area contributed by atoms with Gasteiger partial charge in [-0.2, -0.15) is 0 Å². The van der Waals surface area contributed by atoms with Crippen molar-refractivity contribution >= 4 is 39.8 Å². The largest absolute Gasteiger partial charge is 0.351 e. The SMILES string of the molecule is CC(Sc1nnc(Nc2ccccc2F)s1)C(=O)NC(C)(C)C. The van der Waals surface area contributed by atoms with Gasteiger partial charge in [0.05, 0.1) is 10.9 Å². The fourth-order valence-electron chi connectivity index (χ4n) is 1.66. The monoisotopic (exact) mass is 354 g/mol. The third-order valence-corrected chi connectivity index (χ3v) is 4.69. The van der Waals surface area contributed by atoms with Crippen molar-refractivity contribution in [2.45, 2.75) is 42.8 Å². The number of carbonyl (C=O) groups excluding carboxylic acids is 1. The van der Waals surface area contributed by atoms with Gasteiger partial charge in [-0.15, -0.1) is 10.2 Å². The van der Waals surface area contributed by atoms with E-state index in [1.54, 1.807) is 18.2 Å². The van der Waals surface area contributed by atoms with Crippen molar-refractivity contribution in [2.75, 3.05) is 5.32 Å². The topological polar surface area (TPSA) is 66.9 Å². The number of anilines is 2. The predicted octanol–water partition coefficient (Wildman–Crippen LogP) is 3.82. The fraction of sp³-hybridized carbons (Fsp3) is 0.400. The standard InChI is InChI=1S/C15H19FN4OS2/c1-9(12(21)18-15(2,3)4)22-14-20-19-13(23-14)17-11-8-6-5-7-10(11)16/h5-9H,1-4H3,(H,17,19)(H,18,21). The number of nitrogens with one attached hydrogen (secondary N) is 2. The molecule has 5 nitrogen and oxygen atoms in total. The third kappa shape index (κ3) is 5.47. The first kappa shape index (κ1) is 17.7. The van der Waals surface area contributed by atoms with Gasteiger partial charge in [0.2, 0.25) is 11.0 Å². The number of hydrogen-bond acceptors (Lipinski definition) is 6. The van der Waals surface area contributed by atoms with E-state index in [4.69, 9.17) is 0 Å². The minimum Gasteiger partial charge on any atom is -0.351 e. The Bertz CT molecular complexity index is 684. The van der Waals surface area contributed by atoms with Gasteiger partial charge < -0.3 is 10.6 Å². The van der Waals surface area contributed by atoms with E-state index in [0.29, 0.717) is 15.2 Å². The lowest BCUT2D eigenvalue weighted by Crippen LogP contribution is -2.44. The lowest BCUT2D eigenvalue weighted by Gasteiger charge is -2.22. The molecule has 1 heterocycles. The van der Waals surface area contributed by atoms with Crippen LogP contribution in [0.15, 0.2) is 28.6 Å². The Morgan fingerprint density at radius 3 is 2.65 bits per heavy atom. The summed E-state index contributed by atoms with van der Waals surface area (Å²) in [6.45, 7) is 7.62. The molecule has 1 aromatic heterocycles. The van der Waals surface area contributed by atoms with Crippen LogP contribution in [-0.4, -0.2) is 26.9 Å². The van der Waals surface area contributed by atoms with E-state index in [1.807, 2.05) is 27.7 Å². The van der Waals surface area contributed by atoms with Gasteiger partial charge in [0.25, 0.3) is 0 Å². The van der Waals surface area contributed by atoms with Crippen molar-refractivity contribution in [3.05, 3.63) is 30.1 Å². The van der Waals surface area contributed by atoms with Crippen LogP contribution in [-0.2, 0) is 4.79 Å². The molecule has 1 atom stereocenters. The van der Waals surface area contributed by atoms with E-state index < -0.39 is 0 Å². The Morgan fingerprint density at radius 2 is 2.00 bits per heavy atom. The van der Waals surface area contributed by atoms with Crippen molar-refractivity contribution in [2.24, 2.45) is 0 Å². The number of halogens is 1. The van der Waals surface area contributed by atoms with Gasteiger partial charge in [-0.3, -0.25) is 4.79 Å². The first-order valence-corrected chi connectivity index (χ1v) is 8.78. The highest BCUT2D eigenvalue weighted by Gasteiger charge is 2.21. The smallest absolute Gasteiger partial charge is 0.233 e. The molecule has 0 aliphatic rings. The zero-order valence-corrected chi connectivity index (χ0v) is 15.0. The molecule has 0 fully saturated rings. The molecule has 0 aliphatic carbocycles.